The largest absolute Gasteiger partial charge is 0.497 e. The maximum Gasteiger partial charge on any atom is 0.161 e. The first-order valence-electron chi connectivity index (χ1n) is 7.05. The molecule has 2 aromatic rings. The molecule has 5 nitrogen and oxygen atoms in total. The van der Waals surface area contributed by atoms with Gasteiger partial charge in [-0.1, -0.05) is 12.1 Å². The Bertz CT molecular complexity index is 563. The number of hydrogen-bond acceptors (Lipinski definition) is 4. The topological polar surface area (TPSA) is 48.3 Å². The number of rotatable bonds is 7. The van der Waals surface area contributed by atoms with Crippen molar-refractivity contribution < 1.29 is 9.47 Å². The van der Waals surface area contributed by atoms with E-state index in [0.29, 0.717) is 0 Å². The molecule has 0 aliphatic carbocycles. The van der Waals surface area contributed by atoms with Crippen LogP contribution in [0.4, 0.5) is 0 Å². The van der Waals surface area contributed by atoms with Crippen molar-refractivity contribution in [3.63, 3.8) is 0 Å². The predicted octanol–water partition coefficient (Wildman–Crippen LogP) is 2.33. The van der Waals surface area contributed by atoms with E-state index in [4.69, 9.17) is 9.47 Å². The van der Waals surface area contributed by atoms with Crippen molar-refractivity contribution in [3.8, 4) is 11.5 Å². The first kappa shape index (κ1) is 15.4. The lowest BCUT2D eigenvalue weighted by Crippen LogP contribution is -2.20. The molecule has 0 bridgehead atoms. The van der Waals surface area contributed by atoms with E-state index in [9.17, 15) is 0 Å². The fourth-order valence-corrected chi connectivity index (χ4v) is 2.50. The van der Waals surface area contributed by atoms with Crippen LogP contribution in [-0.4, -0.2) is 31.0 Å². The van der Waals surface area contributed by atoms with Gasteiger partial charge in [0.1, 0.15) is 5.75 Å². The minimum Gasteiger partial charge on any atom is -0.497 e. The summed E-state index contributed by atoms with van der Waals surface area (Å²) in [5, 5.41) is 7.62. The van der Waals surface area contributed by atoms with Crippen LogP contribution in [0, 0.1) is 0 Å². The van der Waals surface area contributed by atoms with E-state index in [1.807, 2.05) is 30.9 Å². The Morgan fingerprint density at radius 1 is 1.19 bits per heavy atom. The summed E-state index contributed by atoms with van der Waals surface area (Å²) in [6, 6.07) is 8.40. The molecule has 0 radical (unpaired) electrons. The maximum atomic E-state index is 5.39. The summed E-state index contributed by atoms with van der Waals surface area (Å²) < 4.78 is 12.4. The Labute approximate surface area is 125 Å². The van der Waals surface area contributed by atoms with Crippen LogP contribution in [0.5, 0.6) is 11.5 Å². The Balaban J connectivity index is 2.06. The molecule has 114 valence electrons. The van der Waals surface area contributed by atoms with Crippen LogP contribution in [0.3, 0.4) is 0 Å². The lowest BCUT2D eigenvalue weighted by atomic mass is 10.0. The average molecular weight is 289 g/mol. The number of benzene rings is 1. The van der Waals surface area contributed by atoms with Gasteiger partial charge in [-0.15, -0.1) is 0 Å². The SMILES string of the molecule is CNC(CCc1ccc(OC)cc1)c1c(OC)cnn1C. The van der Waals surface area contributed by atoms with Crippen molar-refractivity contribution in [2.75, 3.05) is 21.3 Å². The summed E-state index contributed by atoms with van der Waals surface area (Å²) >= 11 is 0. The lowest BCUT2D eigenvalue weighted by molar-refractivity contribution is 0.393. The van der Waals surface area contributed by atoms with Gasteiger partial charge in [0.2, 0.25) is 0 Å². The molecule has 0 saturated heterocycles. The molecule has 1 aromatic carbocycles. The summed E-state index contributed by atoms with van der Waals surface area (Å²) in [6.07, 6.45) is 3.70. The first-order chi connectivity index (χ1) is 10.2. The summed E-state index contributed by atoms with van der Waals surface area (Å²) in [5.74, 6) is 1.71. The molecule has 0 saturated carbocycles. The second kappa shape index (κ2) is 7.13. The van der Waals surface area contributed by atoms with Crippen LogP contribution >= 0.6 is 0 Å². The standard InChI is InChI=1S/C16H23N3O2/c1-17-14(16-15(21-4)11-18-19(16)2)10-7-12-5-8-13(20-3)9-6-12/h5-6,8-9,11,14,17H,7,10H2,1-4H3. The second-order valence-corrected chi connectivity index (χ2v) is 4.95. The minimum atomic E-state index is 0.203. The van der Waals surface area contributed by atoms with Crippen LogP contribution in [0.25, 0.3) is 0 Å². The van der Waals surface area contributed by atoms with Crippen molar-refractivity contribution in [2.45, 2.75) is 18.9 Å². The Morgan fingerprint density at radius 3 is 2.48 bits per heavy atom. The van der Waals surface area contributed by atoms with Gasteiger partial charge in [0.15, 0.2) is 5.75 Å². The molecular weight excluding hydrogens is 266 g/mol. The quantitative estimate of drug-likeness (QED) is 0.850. The third-order valence-corrected chi connectivity index (χ3v) is 3.73. The zero-order chi connectivity index (χ0) is 15.2. The van der Waals surface area contributed by atoms with Gasteiger partial charge in [-0.2, -0.15) is 5.10 Å². The van der Waals surface area contributed by atoms with Crippen molar-refractivity contribution in [1.29, 1.82) is 0 Å². The Morgan fingerprint density at radius 2 is 1.90 bits per heavy atom. The highest BCUT2D eigenvalue weighted by atomic mass is 16.5. The number of aryl methyl sites for hydroxylation is 2. The maximum absolute atomic E-state index is 5.39. The van der Waals surface area contributed by atoms with Crippen LogP contribution in [0.1, 0.15) is 23.7 Å². The van der Waals surface area contributed by atoms with Crippen LogP contribution in [0.2, 0.25) is 0 Å². The fraction of sp³-hybridized carbons (Fsp3) is 0.438. The van der Waals surface area contributed by atoms with Crippen molar-refractivity contribution in [3.05, 3.63) is 41.7 Å². The molecule has 0 aliphatic rings. The highest BCUT2D eigenvalue weighted by Gasteiger charge is 2.19. The number of methoxy groups -OCH3 is 2. The molecule has 0 fully saturated rings. The summed E-state index contributed by atoms with van der Waals surface area (Å²) in [7, 11) is 7.26. The molecule has 1 unspecified atom stereocenters. The molecule has 5 heteroatoms. The van der Waals surface area contributed by atoms with Gasteiger partial charge in [-0.05, 0) is 37.6 Å². The van der Waals surface area contributed by atoms with Gasteiger partial charge in [0.25, 0.3) is 0 Å². The van der Waals surface area contributed by atoms with E-state index < -0.39 is 0 Å². The summed E-state index contributed by atoms with van der Waals surface area (Å²) in [4.78, 5) is 0. The highest BCUT2D eigenvalue weighted by molar-refractivity contribution is 5.30. The number of nitrogens with one attached hydrogen (secondary N) is 1. The van der Waals surface area contributed by atoms with Crippen LogP contribution < -0.4 is 14.8 Å². The molecule has 1 heterocycles. The normalized spacial score (nSPS) is 12.2. The molecule has 21 heavy (non-hydrogen) atoms. The smallest absolute Gasteiger partial charge is 0.161 e. The molecule has 0 spiro atoms. The summed E-state index contributed by atoms with van der Waals surface area (Å²) in [5.41, 5.74) is 2.37. The van der Waals surface area contributed by atoms with E-state index in [2.05, 4.69) is 22.5 Å². The van der Waals surface area contributed by atoms with Gasteiger partial charge in [0.05, 0.1) is 32.2 Å². The molecule has 2 rings (SSSR count). The summed E-state index contributed by atoms with van der Waals surface area (Å²) in [6.45, 7) is 0. The van der Waals surface area contributed by atoms with Gasteiger partial charge in [-0.3, -0.25) is 4.68 Å². The third-order valence-electron chi connectivity index (χ3n) is 3.73. The molecule has 0 amide bonds. The van der Waals surface area contributed by atoms with Crippen molar-refractivity contribution in [2.24, 2.45) is 7.05 Å². The van der Waals surface area contributed by atoms with Crippen molar-refractivity contribution in [1.82, 2.24) is 15.1 Å². The van der Waals surface area contributed by atoms with Gasteiger partial charge in [0, 0.05) is 7.05 Å². The van der Waals surface area contributed by atoms with Crippen LogP contribution in [0.15, 0.2) is 30.5 Å². The molecule has 1 atom stereocenters. The average Bonchev–Trinajstić information content (AvgIpc) is 2.90. The molecular formula is C16H23N3O2. The fourth-order valence-electron chi connectivity index (χ4n) is 2.50. The zero-order valence-corrected chi connectivity index (χ0v) is 13.1. The lowest BCUT2D eigenvalue weighted by Gasteiger charge is -2.18. The van der Waals surface area contributed by atoms with E-state index in [0.717, 1.165) is 30.0 Å². The number of hydrogen-bond donors (Lipinski definition) is 1. The van der Waals surface area contributed by atoms with E-state index in [1.165, 1.54) is 5.56 Å². The van der Waals surface area contributed by atoms with Gasteiger partial charge >= 0.3 is 0 Å². The Kier molecular flexibility index (Phi) is 5.22. The van der Waals surface area contributed by atoms with Gasteiger partial charge < -0.3 is 14.8 Å². The zero-order valence-electron chi connectivity index (χ0n) is 13.1. The van der Waals surface area contributed by atoms with E-state index >= 15 is 0 Å². The Hall–Kier alpha value is -2.01. The van der Waals surface area contributed by atoms with Crippen LogP contribution in [-0.2, 0) is 13.5 Å². The monoisotopic (exact) mass is 289 g/mol. The minimum absolute atomic E-state index is 0.203. The molecule has 1 aromatic heterocycles. The van der Waals surface area contributed by atoms with E-state index in [-0.39, 0.29) is 6.04 Å². The van der Waals surface area contributed by atoms with Crippen molar-refractivity contribution >= 4 is 0 Å². The van der Waals surface area contributed by atoms with Gasteiger partial charge in [-0.25, -0.2) is 0 Å². The third kappa shape index (κ3) is 3.55. The number of nitrogens with zero attached hydrogens (tertiary/aromatic N) is 2. The second-order valence-electron chi connectivity index (χ2n) is 4.95. The highest BCUT2D eigenvalue weighted by Crippen LogP contribution is 2.27. The number of aromatic nitrogens is 2. The van der Waals surface area contributed by atoms with E-state index in [1.54, 1.807) is 20.4 Å². The molecule has 0 aliphatic heterocycles. The predicted molar refractivity (Wildman–Crippen MR) is 82.9 cm³/mol. The number of ether oxygens (including phenoxy) is 2. The first-order valence-corrected chi connectivity index (χ1v) is 7.05. The molecule has 1 N–H and O–H groups in total.